The van der Waals surface area contributed by atoms with Crippen molar-refractivity contribution in [1.29, 1.82) is 0 Å². The molecule has 2 N–H and O–H groups in total. The van der Waals surface area contributed by atoms with Gasteiger partial charge in [-0.25, -0.2) is 14.4 Å². The lowest BCUT2D eigenvalue weighted by molar-refractivity contribution is -0.187. The predicted octanol–water partition coefficient (Wildman–Crippen LogP) is 3.74. The van der Waals surface area contributed by atoms with Crippen molar-refractivity contribution in [2.75, 3.05) is 21.3 Å². The van der Waals surface area contributed by atoms with Crippen molar-refractivity contribution >= 4 is 26.2 Å². The summed E-state index contributed by atoms with van der Waals surface area (Å²) >= 11 is 0. The van der Waals surface area contributed by atoms with Gasteiger partial charge in [-0.1, -0.05) is 34.6 Å². The number of methoxy groups -OCH3 is 3. The van der Waals surface area contributed by atoms with Gasteiger partial charge in [-0.3, -0.25) is 0 Å². The standard InChI is InChI=1S/C28H50O10Si/c1-17(2)13-18(3)14-19(16-26(4,5)39(11,12)33)22-23(38-27(6,7)37-22)28(32,25(31)36-10)20(24(30)35-9)15-21(29)34-8/h15,17-19,22-23,32-33H,13-14,16H2,1-12H3/b20-15+/t18?,19-,22+,23-,28+/m1/s1. The molecule has 39 heavy (non-hydrogen) atoms. The Hall–Kier alpha value is -1.79. The van der Waals surface area contributed by atoms with Crippen LogP contribution in [0.15, 0.2) is 11.6 Å². The number of rotatable bonds is 13. The number of carbonyl (C=O) groups is 3. The molecule has 5 atom stereocenters. The van der Waals surface area contributed by atoms with Crippen LogP contribution in [0, 0.1) is 17.8 Å². The summed E-state index contributed by atoms with van der Waals surface area (Å²) in [5.74, 6) is -4.24. The highest BCUT2D eigenvalue weighted by atomic mass is 28.4. The van der Waals surface area contributed by atoms with E-state index in [9.17, 15) is 24.3 Å². The molecule has 1 rings (SSSR count). The molecule has 1 heterocycles. The molecule has 11 heteroatoms. The third-order valence-electron chi connectivity index (χ3n) is 7.79. The molecule has 226 valence electrons. The van der Waals surface area contributed by atoms with Gasteiger partial charge in [0.1, 0.15) is 6.10 Å². The molecular formula is C28H50O10Si. The molecule has 1 saturated heterocycles. The lowest BCUT2D eigenvalue weighted by Gasteiger charge is -2.42. The van der Waals surface area contributed by atoms with Crippen LogP contribution in [-0.2, 0) is 38.1 Å². The van der Waals surface area contributed by atoms with Crippen molar-refractivity contribution in [1.82, 2.24) is 0 Å². The molecular weight excluding hydrogens is 524 g/mol. The Balaban J connectivity index is 3.87. The van der Waals surface area contributed by atoms with Crippen LogP contribution in [0.4, 0.5) is 0 Å². The Kier molecular flexibility index (Phi) is 12.0. The maximum atomic E-state index is 13.3. The van der Waals surface area contributed by atoms with Gasteiger partial charge in [0, 0.05) is 6.08 Å². The molecule has 1 aliphatic heterocycles. The van der Waals surface area contributed by atoms with E-state index in [1.54, 1.807) is 13.8 Å². The summed E-state index contributed by atoms with van der Waals surface area (Å²) in [5.41, 5.74) is -3.46. The first-order chi connectivity index (χ1) is 17.7. The zero-order valence-corrected chi connectivity index (χ0v) is 26.7. The van der Waals surface area contributed by atoms with Crippen molar-refractivity contribution in [2.24, 2.45) is 17.8 Å². The van der Waals surface area contributed by atoms with E-state index in [1.165, 1.54) is 0 Å². The molecule has 0 saturated carbocycles. The minimum absolute atomic E-state index is 0.235. The lowest BCUT2D eigenvalue weighted by Crippen LogP contribution is -2.59. The average molecular weight is 575 g/mol. The minimum Gasteiger partial charge on any atom is -0.467 e. The van der Waals surface area contributed by atoms with E-state index in [2.05, 4.69) is 25.5 Å². The topological polar surface area (TPSA) is 138 Å². The first kappa shape index (κ1) is 35.2. The summed E-state index contributed by atoms with van der Waals surface area (Å²) in [6.07, 6.45) is 0.397. The Morgan fingerprint density at radius 2 is 1.56 bits per heavy atom. The van der Waals surface area contributed by atoms with Gasteiger partial charge >= 0.3 is 17.9 Å². The molecule has 0 aromatic heterocycles. The number of esters is 3. The van der Waals surface area contributed by atoms with Crippen LogP contribution in [0.1, 0.15) is 67.7 Å². The zero-order chi connectivity index (χ0) is 30.6. The van der Waals surface area contributed by atoms with E-state index in [-0.39, 0.29) is 11.8 Å². The highest BCUT2D eigenvalue weighted by Gasteiger charge is 2.62. The number of ether oxygens (including phenoxy) is 5. The van der Waals surface area contributed by atoms with Gasteiger partial charge < -0.3 is 33.6 Å². The normalized spacial score (nSPS) is 23.1. The van der Waals surface area contributed by atoms with Crippen molar-refractivity contribution in [3.63, 3.8) is 0 Å². The molecule has 0 spiro atoms. The fourth-order valence-corrected chi connectivity index (χ4v) is 6.02. The van der Waals surface area contributed by atoms with Gasteiger partial charge in [0.05, 0.1) is 33.0 Å². The molecule has 0 bridgehead atoms. The van der Waals surface area contributed by atoms with E-state index in [1.807, 2.05) is 26.9 Å². The van der Waals surface area contributed by atoms with Crippen molar-refractivity contribution in [2.45, 2.75) is 109 Å². The van der Waals surface area contributed by atoms with Gasteiger partial charge in [0.2, 0.25) is 5.60 Å². The Bertz CT molecular complexity index is 905. The minimum atomic E-state index is -2.77. The van der Waals surface area contributed by atoms with Crippen LogP contribution in [0.25, 0.3) is 0 Å². The molecule has 1 unspecified atom stereocenters. The largest absolute Gasteiger partial charge is 0.467 e. The SMILES string of the molecule is COC(=O)/C=C(\C(=O)OC)[C@@](O)(C(=O)OC)[C@@H]1OC(C)(C)O[C@H]1[C@H](CC(C)CC(C)C)CC(C)(C)[Si](C)(C)O. The summed E-state index contributed by atoms with van der Waals surface area (Å²) in [4.78, 5) is 49.5. The Morgan fingerprint density at radius 1 is 1.00 bits per heavy atom. The maximum absolute atomic E-state index is 13.3. The van der Waals surface area contributed by atoms with Gasteiger partial charge in [-0.15, -0.1) is 0 Å². The van der Waals surface area contributed by atoms with Crippen molar-refractivity contribution < 1.29 is 48.0 Å². The molecule has 0 aromatic rings. The van der Waals surface area contributed by atoms with Crippen LogP contribution in [0.3, 0.4) is 0 Å². The second-order valence-electron chi connectivity index (χ2n) is 12.7. The van der Waals surface area contributed by atoms with Crippen LogP contribution < -0.4 is 0 Å². The van der Waals surface area contributed by atoms with Gasteiger partial charge in [-0.05, 0) is 69.0 Å². The first-order valence-corrected chi connectivity index (χ1v) is 16.4. The smallest absolute Gasteiger partial charge is 0.345 e. The van der Waals surface area contributed by atoms with E-state index in [4.69, 9.17) is 18.9 Å². The molecule has 10 nitrogen and oxygen atoms in total. The van der Waals surface area contributed by atoms with Gasteiger partial charge in [0.15, 0.2) is 14.1 Å². The van der Waals surface area contributed by atoms with Crippen LogP contribution in [-0.4, -0.2) is 81.1 Å². The summed E-state index contributed by atoms with van der Waals surface area (Å²) < 4.78 is 27.0. The number of carbonyl (C=O) groups excluding carboxylic acids is 3. The molecule has 0 radical (unpaired) electrons. The molecule has 0 aliphatic carbocycles. The zero-order valence-electron chi connectivity index (χ0n) is 25.7. The summed E-state index contributed by atoms with van der Waals surface area (Å²) in [5, 5.41) is 11.6. The van der Waals surface area contributed by atoms with Crippen molar-refractivity contribution in [3.05, 3.63) is 11.6 Å². The Morgan fingerprint density at radius 3 is 2.00 bits per heavy atom. The molecule has 1 aliphatic rings. The van der Waals surface area contributed by atoms with E-state index in [0.29, 0.717) is 24.8 Å². The van der Waals surface area contributed by atoms with Crippen LogP contribution in [0.5, 0.6) is 0 Å². The third-order valence-corrected chi connectivity index (χ3v) is 11.3. The summed E-state index contributed by atoms with van der Waals surface area (Å²) in [6, 6.07) is 0. The summed E-state index contributed by atoms with van der Waals surface area (Å²) in [6.45, 7) is 17.4. The van der Waals surface area contributed by atoms with Gasteiger partial charge in [-0.2, -0.15) is 0 Å². The fourth-order valence-electron chi connectivity index (χ4n) is 5.26. The van der Waals surface area contributed by atoms with Crippen LogP contribution in [0.2, 0.25) is 18.1 Å². The van der Waals surface area contributed by atoms with Crippen molar-refractivity contribution in [3.8, 4) is 0 Å². The average Bonchev–Trinajstić information content (AvgIpc) is 3.14. The molecule has 1 fully saturated rings. The Labute approximate surface area is 234 Å². The molecule has 0 aromatic carbocycles. The van der Waals surface area contributed by atoms with Crippen LogP contribution >= 0.6 is 0 Å². The fraction of sp³-hybridized carbons (Fsp3) is 0.821. The first-order valence-electron chi connectivity index (χ1n) is 13.4. The molecule has 0 amide bonds. The second-order valence-corrected chi connectivity index (χ2v) is 17.2. The number of hydrogen-bond acceptors (Lipinski definition) is 10. The number of aliphatic hydroxyl groups is 1. The quantitative estimate of drug-likeness (QED) is 0.145. The van der Waals surface area contributed by atoms with Gasteiger partial charge in [0.25, 0.3) is 0 Å². The monoisotopic (exact) mass is 574 g/mol. The van der Waals surface area contributed by atoms with E-state index in [0.717, 1.165) is 27.8 Å². The summed E-state index contributed by atoms with van der Waals surface area (Å²) in [7, 11) is 0.533. The van der Waals surface area contributed by atoms with E-state index < -0.39 is 60.4 Å². The number of hydrogen-bond donors (Lipinski definition) is 2. The maximum Gasteiger partial charge on any atom is 0.345 e. The highest BCUT2D eigenvalue weighted by molar-refractivity contribution is 6.72. The predicted molar refractivity (Wildman–Crippen MR) is 148 cm³/mol. The third kappa shape index (κ3) is 8.60. The van der Waals surface area contributed by atoms with E-state index >= 15 is 0 Å². The highest BCUT2D eigenvalue weighted by Crippen LogP contribution is 2.49. The lowest BCUT2D eigenvalue weighted by atomic mass is 9.75. The second kappa shape index (κ2) is 13.2.